The SMILES string of the molecule is COc1ccc(NC(=O)COC(=O)c2ccc(Cl)cc2N)cc1S(=O)(=O)N1CCCCC1. The van der Waals surface area contributed by atoms with Gasteiger partial charge in [-0.15, -0.1) is 0 Å². The molecule has 2 aromatic carbocycles. The smallest absolute Gasteiger partial charge is 0.340 e. The summed E-state index contributed by atoms with van der Waals surface area (Å²) in [6, 6.07) is 8.59. The Morgan fingerprint density at radius 3 is 2.50 bits per heavy atom. The van der Waals surface area contributed by atoms with E-state index in [2.05, 4.69) is 5.32 Å². The third-order valence-corrected chi connectivity index (χ3v) is 7.10. The normalized spacial score (nSPS) is 14.6. The van der Waals surface area contributed by atoms with E-state index in [4.69, 9.17) is 26.8 Å². The molecule has 1 amide bonds. The Hall–Kier alpha value is -2.82. The van der Waals surface area contributed by atoms with Crippen LogP contribution in [0, 0.1) is 0 Å². The molecule has 0 saturated carbocycles. The van der Waals surface area contributed by atoms with Gasteiger partial charge < -0.3 is 20.5 Å². The first-order valence-corrected chi connectivity index (χ1v) is 11.7. The topological polar surface area (TPSA) is 128 Å². The summed E-state index contributed by atoms with van der Waals surface area (Å²) in [7, 11) is -2.41. The Morgan fingerprint density at radius 2 is 1.84 bits per heavy atom. The summed E-state index contributed by atoms with van der Waals surface area (Å²) in [6.45, 7) is 0.291. The van der Waals surface area contributed by atoms with Crippen molar-refractivity contribution >= 4 is 44.9 Å². The van der Waals surface area contributed by atoms with Crippen LogP contribution < -0.4 is 15.8 Å². The average molecular weight is 482 g/mol. The van der Waals surface area contributed by atoms with Crippen LogP contribution in [0.5, 0.6) is 5.75 Å². The van der Waals surface area contributed by atoms with Gasteiger partial charge in [-0.2, -0.15) is 4.31 Å². The number of ether oxygens (including phenoxy) is 2. The number of nitrogens with zero attached hydrogens (tertiary/aromatic N) is 1. The number of rotatable bonds is 7. The predicted octanol–water partition coefficient (Wildman–Crippen LogP) is 2.90. The van der Waals surface area contributed by atoms with Gasteiger partial charge in [-0.25, -0.2) is 13.2 Å². The number of methoxy groups -OCH3 is 1. The van der Waals surface area contributed by atoms with Crippen molar-refractivity contribution in [2.24, 2.45) is 0 Å². The number of benzene rings is 2. The molecule has 1 saturated heterocycles. The van der Waals surface area contributed by atoms with Gasteiger partial charge in [-0.05, 0) is 49.2 Å². The zero-order valence-electron chi connectivity index (χ0n) is 17.5. The molecule has 32 heavy (non-hydrogen) atoms. The summed E-state index contributed by atoms with van der Waals surface area (Å²) < 4.78 is 37.8. The minimum absolute atomic E-state index is 0.0365. The predicted molar refractivity (Wildman–Crippen MR) is 120 cm³/mol. The highest BCUT2D eigenvalue weighted by Crippen LogP contribution is 2.31. The van der Waals surface area contributed by atoms with E-state index in [0.717, 1.165) is 19.3 Å². The van der Waals surface area contributed by atoms with Crippen LogP contribution in [0.2, 0.25) is 5.02 Å². The number of carbonyl (C=O) groups is 2. The lowest BCUT2D eigenvalue weighted by atomic mass is 10.2. The van der Waals surface area contributed by atoms with Crippen LogP contribution >= 0.6 is 11.6 Å². The second kappa shape index (κ2) is 10.2. The Morgan fingerprint density at radius 1 is 1.12 bits per heavy atom. The van der Waals surface area contributed by atoms with E-state index < -0.39 is 28.5 Å². The number of halogens is 1. The fourth-order valence-electron chi connectivity index (χ4n) is 3.33. The number of sulfonamides is 1. The van der Waals surface area contributed by atoms with E-state index in [1.165, 1.54) is 47.8 Å². The number of carbonyl (C=O) groups excluding carboxylic acids is 2. The molecule has 1 aliphatic rings. The fraction of sp³-hybridized carbons (Fsp3) is 0.333. The van der Waals surface area contributed by atoms with Crippen molar-refractivity contribution < 1.29 is 27.5 Å². The van der Waals surface area contributed by atoms with Gasteiger partial charge in [0.25, 0.3) is 5.91 Å². The number of nitrogens with one attached hydrogen (secondary N) is 1. The summed E-state index contributed by atoms with van der Waals surface area (Å²) in [6.07, 6.45) is 2.57. The fourth-order valence-corrected chi connectivity index (χ4v) is 5.20. The Labute approximate surface area is 191 Å². The molecule has 172 valence electrons. The number of esters is 1. The molecule has 9 nitrogen and oxygen atoms in total. The molecule has 0 aromatic heterocycles. The largest absolute Gasteiger partial charge is 0.495 e. The van der Waals surface area contributed by atoms with Gasteiger partial charge in [-0.1, -0.05) is 18.0 Å². The number of amides is 1. The molecule has 0 aliphatic carbocycles. The van der Waals surface area contributed by atoms with Gasteiger partial charge in [0.2, 0.25) is 10.0 Å². The van der Waals surface area contributed by atoms with E-state index in [-0.39, 0.29) is 27.6 Å². The van der Waals surface area contributed by atoms with Crippen molar-refractivity contribution in [1.29, 1.82) is 0 Å². The lowest BCUT2D eigenvalue weighted by molar-refractivity contribution is -0.119. The third kappa shape index (κ3) is 5.50. The molecule has 1 aliphatic heterocycles. The summed E-state index contributed by atoms with van der Waals surface area (Å²) in [4.78, 5) is 24.4. The maximum absolute atomic E-state index is 13.1. The van der Waals surface area contributed by atoms with Crippen LogP contribution in [0.15, 0.2) is 41.3 Å². The van der Waals surface area contributed by atoms with Crippen LogP contribution in [0.1, 0.15) is 29.6 Å². The van der Waals surface area contributed by atoms with E-state index in [1.54, 1.807) is 0 Å². The highest BCUT2D eigenvalue weighted by Gasteiger charge is 2.29. The summed E-state index contributed by atoms with van der Waals surface area (Å²) >= 11 is 5.80. The zero-order chi connectivity index (χ0) is 23.3. The van der Waals surface area contributed by atoms with Gasteiger partial charge in [0.1, 0.15) is 10.6 Å². The van der Waals surface area contributed by atoms with Gasteiger partial charge in [0.15, 0.2) is 6.61 Å². The van der Waals surface area contributed by atoms with E-state index in [1.807, 2.05) is 0 Å². The molecule has 0 atom stereocenters. The summed E-state index contributed by atoms with van der Waals surface area (Å²) in [5.74, 6) is -1.24. The molecule has 3 N–H and O–H groups in total. The summed E-state index contributed by atoms with van der Waals surface area (Å²) in [5.41, 5.74) is 6.18. The van der Waals surface area contributed by atoms with Gasteiger partial charge in [0.05, 0.1) is 12.7 Å². The van der Waals surface area contributed by atoms with Crippen LogP contribution in [-0.4, -0.2) is 51.4 Å². The molecular weight excluding hydrogens is 458 g/mol. The highest BCUT2D eigenvalue weighted by molar-refractivity contribution is 7.89. The Kier molecular flexibility index (Phi) is 7.60. The zero-order valence-corrected chi connectivity index (χ0v) is 19.0. The van der Waals surface area contributed by atoms with Crippen LogP contribution in [0.25, 0.3) is 0 Å². The highest BCUT2D eigenvalue weighted by atomic mass is 35.5. The van der Waals surface area contributed by atoms with Crippen molar-refractivity contribution in [1.82, 2.24) is 4.31 Å². The van der Waals surface area contributed by atoms with E-state index >= 15 is 0 Å². The van der Waals surface area contributed by atoms with Crippen molar-refractivity contribution in [3.63, 3.8) is 0 Å². The lowest BCUT2D eigenvalue weighted by Crippen LogP contribution is -2.35. The second-order valence-electron chi connectivity index (χ2n) is 7.19. The number of hydrogen-bond acceptors (Lipinski definition) is 7. The van der Waals surface area contributed by atoms with Crippen LogP contribution in [0.4, 0.5) is 11.4 Å². The molecule has 11 heteroatoms. The van der Waals surface area contributed by atoms with Crippen molar-refractivity contribution in [3.05, 3.63) is 47.0 Å². The first kappa shape index (κ1) is 23.8. The number of hydrogen-bond donors (Lipinski definition) is 2. The van der Waals surface area contributed by atoms with E-state index in [0.29, 0.717) is 18.1 Å². The maximum atomic E-state index is 13.1. The van der Waals surface area contributed by atoms with Gasteiger partial charge in [0, 0.05) is 29.5 Å². The average Bonchev–Trinajstić information content (AvgIpc) is 2.78. The number of piperidine rings is 1. The molecule has 3 rings (SSSR count). The van der Waals surface area contributed by atoms with Gasteiger partial charge in [-0.3, -0.25) is 4.79 Å². The standard InChI is InChI=1S/C21H24ClN3O6S/c1-30-18-8-6-15(12-19(18)32(28,29)25-9-3-2-4-10-25)24-20(26)13-31-21(27)16-7-5-14(22)11-17(16)23/h5-8,11-12H,2-4,9-10,13,23H2,1H3,(H,24,26). The molecule has 0 radical (unpaired) electrons. The van der Waals surface area contributed by atoms with Crippen molar-refractivity contribution in [2.75, 3.05) is 37.9 Å². The summed E-state index contributed by atoms with van der Waals surface area (Å²) in [5, 5.41) is 2.90. The molecule has 0 spiro atoms. The first-order chi connectivity index (χ1) is 15.2. The molecule has 0 unspecified atom stereocenters. The second-order valence-corrected chi connectivity index (χ2v) is 9.53. The number of nitrogen functional groups attached to an aromatic ring is 1. The van der Waals surface area contributed by atoms with Crippen LogP contribution in [0.3, 0.4) is 0 Å². The van der Waals surface area contributed by atoms with Crippen LogP contribution in [-0.2, 0) is 19.6 Å². The lowest BCUT2D eigenvalue weighted by Gasteiger charge is -2.26. The first-order valence-electron chi connectivity index (χ1n) is 9.92. The monoisotopic (exact) mass is 481 g/mol. The molecule has 1 fully saturated rings. The van der Waals surface area contributed by atoms with E-state index in [9.17, 15) is 18.0 Å². The van der Waals surface area contributed by atoms with Crippen molar-refractivity contribution in [3.8, 4) is 5.75 Å². The Bertz CT molecular complexity index is 1120. The minimum atomic E-state index is -3.79. The molecular formula is C21H24ClN3O6S. The quantitative estimate of drug-likeness (QED) is 0.459. The third-order valence-electron chi connectivity index (χ3n) is 4.95. The maximum Gasteiger partial charge on any atom is 0.340 e. The molecule has 0 bridgehead atoms. The van der Waals surface area contributed by atoms with Crippen molar-refractivity contribution in [2.45, 2.75) is 24.2 Å². The number of nitrogens with two attached hydrogens (primary N) is 1. The molecule has 2 aromatic rings. The number of anilines is 2. The molecule has 1 heterocycles. The minimum Gasteiger partial charge on any atom is -0.495 e. The van der Waals surface area contributed by atoms with Gasteiger partial charge >= 0.3 is 5.97 Å². The Balaban J connectivity index is 1.70.